The Morgan fingerprint density at radius 3 is 2.55 bits per heavy atom. The topological polar surface area (TPSA) is 120 Å². The second-order valence-electron chi connectivity index (χ2n) is 11.2. The first kappa shape index (κ1) is 32.7. The highest BCUT2D eigenvalue weighted by molar-refractivity contribution is 8.00. The van der Waals surface area contributed by atoms with E-state index in [2.05, 4.69) is 24.0 Å². The number of carbonyl (C=O) groups excluding carboxylic acids is 2. The van der Waals surface area contributed by atoms with Gasteiger partial charge in [0.1, 0.15) is 19.0 Å². The highest BCUT2D eigenvalue weighted by Gasteiger charge is 2.48. The third-order valence-corrected chi connectivity index (χ3v) is 9.97. The maximum absolute atomic E-state index is 13.8. The molecule has 1 aromatic heterocycles. The number of anilines is 1. The molecular formula is C34H32ClN3O7S2. The molecule has 3 heterocycles. The van der Waals surface area contributed by atoms with Gasteiger partial charge in [-0.15, -0.1) is 10.2 Å². The highest BCUT2D eigenvalue weighted by atomic mass is 35.5. The number of thioether (sulfide) groups is 1. The zero-order chi connectivity index (χ0) is 33.1. The lowest BCUT2D eigenvalue weighted by Crippen LogP contribution is -2.29. The number of hydrogen-bond acceptors (Lipinski definition) is 11. The summed E-state index contributed by atoms with van der Waals surface area (Å²) in [5.41, 5.74) is 1.75. The summed E-state index contributed by atoms with van der Waals surface area (Å²) in [5.74, 6) is 0.924. The Balaban J connectivity index is 1.39. The molecule has 1 amide bonds. The Kier molecular flexibility index (Phi) is 9.90. The molecule has 1 fully saturated rings. The quantitative estimate of drug-likeness (QED) is 0.0563. The Morgan fingerprint density at radius 2 is 1.81 bits per heavy atom. The van der Waals surface area contributed by atoms with Crippen molar-refractivity contribution in [1.82, 2.24) is 10.2 Å². The summed E-state index contributed by atoms with van der Waals surface area (Å²) in [5, 5.41) is 21.1. The van der Waals surface area contributed by atoms with Gasteiger partial charge in [-0.25, -0.2) is 0 Å². The molecule has 0 saturated carbocycles. The van der Waals surface area contributed by atoms with Crippen LogP contribution in [0.5, 0.6) is 23.0 Å². The van der Waals surface area contributed by atoms with Crippen LogP contribution in [0.4, 0.5) is 5.13 Å². The van der Waals surface area contributed by atoms with Crippen molar-refractivity contribution in [3.63, 3.8) is 0 Å². The van der Waals surface area contributed by atoms with Gasteiger partial charge in [0.25, 0.3) is 5.78 Å². The minimum Gasteiger partial charge on any atom is -0.507 e. The van der Waals surface area contributed by atoms with Crippen LogP contribution in [0.25, 0.3) is 5.76 Å². The SMILES string of the molecule is COc1cc(C2/C(=C(\O)c3ccc4c(c3)OCCO4)C(=O)C(=O)N2c2nnc(SCc3ccc(Cl)cc3)s2)ccc1OCCC(C)C. The normalized spacial score (nSPS) is 17.0. The first-order chi connectivity index (χ1) is 22.7. The van der Waals surface area contributed by atoms with Gasteiger partial charge in [-0.1, -0.05) is 66.7 Å². The molecule has 3 aromatic carbocycles. The van der Waals surface area contributed by atoms with Crippen molar-refractivity contribution in [3.05, 3.63) is 87.9 Å². The Labute approximate surface area is 285 Å². The molecule has 0 bridgehead atoms. The molecule has 2 aliphatic heterocycles. The predicted molar refractivity (Wildman–Crippen MR) is 181 cm³/mol. The lowest BCUT2D eigenvalue weighted by atomic mass is 9.95. The largest absolute Gasteiger partial charge is 0.507 e. The van der Waals surface area contributed by atoms with Crippen molar-refractivity contribution >= 4 is 57.3 Å². The van der Waals surface area contributed by atoms with E-state index in [0.29, 0.717) is 75.0 Å². The first-order valence-corrected chi connectivity index (χ1v) is 17.1. The van der Waals surface area contributed by atoms with Crippen LogP contribution in [-0.4, -0.2) is 53.9 Å². The molecule has 6 rings (SSSR count). The summed E-state index contributed by atoms with van der Waals surface area (Å²) in [6.45, 7) is 5.48. The number of hydrogen-bond donors (Lipinski definition) is 1. The fraction of sp³-hybridized carbons (Fsp3) is 0.294. The van der Waals surface area contributed by atoms with E-state index in [0.717, 1.165) is 12.0 Å². The van der Waals surface area contributed by atoms with E-state index >= 15 is 0 Å². The zero-order valence-electron chi connectivity index (χ0n) is 25.9. The van der Waals surface area contributed by atoms with Gasteiger partial charge in [-0.05, 0) is 65.9 Å². The second-order valence-corrected chi connectivity index (χ2v) is 13.8. The summed E-state index contributed by atoms with van der Waals surface area (Å²) in [6.07, 6.45) is 0.857. The van der Waals surface area contributed by atoms with Crippen molar-refractivity contribution in [2.75, 3.05) is 31.8 Å². The van der Waals surface area contributed by atoms with Gasteiger partial charge >= 0.3 is 5.91 Å². The van der Waals surface area contributed by atoms with Crippen LogP contribution in [0.1, 0.15) is 43.0 Å². The number of Topliss-reactive ketones (excluding diaryl/α,β-unsaturated/α-hetero) is 1. The van der Waals surface area contributed by atoms with Crippen LogP contribution in [0, 0.1) is 5.92 Å². The monoisotopic (exact) mass is 693 g/mol. The lowest BCUT2D eigenvalue weighted by molar-refractivity contribution is -0.132. The number of methoxy groups -OCH3 is 1. The van der Waals surface area contributed by atoms with Crippen molar-refractivity contribution in [1.29, 1.82) is 0 Å². The average Bonchev–Trinajstić information content (AvgIpc) is 3.65. The number of fused-ring (bicyclic) bond motifs is 1. The van der Waals surface area contributed by atoms with Gasteiger partial charge in [-0.3, -0.25) is 14.5 Å². The third-order valence-electron chi connectivity index (χ3n) is 7.59. The Bertz CT molecular complexity index is 1830. The lowest BCUT2D eigenvalue weighted by Gasteiger charge is -2.24. The third kappa shape index (κ3) is 7.04. The van der Waals surface area contributed by atoms with Crippen LogP contribution < -0.4 is 23.8 Å². The van der Waals surface area contributed by atoms with Crippen molar-refractivity contribution in [2.45, 2.75) is 36.4 Å². The van der Waals surface area contributed by atoms with Gasteiger partial charge in [0.15, 0.2) is 27.3 Å². The van der Waals surface area contributed by atoms with Crippen molar-refractivity contribution < 1.29 is 33.6 Å². The standard InChI is InChI=1S/C34H32ClN3O7S2/c1-19(2)12-13-43-24-10-6-21(16-26(24)42-3)29-28(30(39)22-7-11-25-27(17-22)45-15-14-44-25)31(40)32(41)38(29)33-36-37-34(47-33)46-18-20-4-8-23(35)9-5-20/h4-11,16-17,19,29,39H,12-15,18H2,1-3H3/b30-28+. The average molecular weight is 694 g/mol. The van der Waals surface area contributed by atoms with Gasteiger partial charge in [0.2, 0.25) is 5.13 Å². The second kappa shape index (κ2) is 14.2. The van der Waals surface area contributed by atoms with E-state index < -0.39 is 17.7 Å². The number of carbonyl (C=O) groups is 2. The number of halogens is 1. The highest BCUT2D eigenvalue weighted by Crippen LogP contribution is 2.46. The van der Waals surface area contributed by atoms with E-state index in [9.17, 15) is 14.7 Å². The molecule has 1 saturated heterocycles. The first-order valence-electron chi connectivity index (χ1n) is 15.0. The molecule has 4 aromatic rings. The van der Waals surface area contributed by atoms with Crippen LogP contribution in [0.2, 0.25) is 5.02 Å². The summed E-state index contributed by atoms with van der Waals surface area (Å²) in [7, 11) is 1.52. The van der Waals surface area contributed by atoms with Gasteiger partial charge in [0.05, 0.1) is 25.3 Å². The molecule has 1 N–H and O–H groups in total. The molecule has 2 aliphatic rings. The minimum atomic E-state index is -1.04. The number of aromatic nitrogens is 2. The number of ether oxygens (including phenoxy) is 4. The molecular weight excluding hydrogens is 662 g/mol. The number of benzene rings is 3. The van der Waals surface area contributed by atoms with E-state index in [-0.39, 0.29) is 16.5 Å². The summed E-state index contributed by atoms with van der Waals surface area (Å²) >= 11 is 8.65. The van der Waals surface area contributed by atoms with Crippen LogP contribution in [0.3, 0.4) is 0 Å². The van der Waals surface area contributed by atoms with Gasteiger partial charge in [0, 0.05) is 16.3 Å². The maximum atomic E-state index is 13.8. The number of amides is 1. The fourth-order valence-electron chi connectivity index (χ4n) is 5.15. The summed E-state index contributed by atoms with van der Waals surface area (Å²) in [4.78, 5) is 28.8. The molecule has 47 heavy (non-hydrogen) atoms. The summed E-state index contributed by atoms with van der Waals surface area (Å²) < 4.78 is 23.6. The zero-order valence-corrected chi connectivity index (χ0v) is 28.3. The number of aliphatic hydroxyl groups is 1. The Morgan fingerprint density at radius 1 is 1.04 bits per heavy atom. The van der Waals surface area contributed by atoms with Crippen molar-refractivity contribution in [3.8, 4) is 23.0 Å². The van der Waals surface area contributed by atoms with Crippen molar-refractivity contribution in [2.24, 2.45) is 5.92 Å². The summed E-state index contributed by atoms with van der Waals surface area (Å²) in [6, 6.07) is 16.5. The van der Waals surface area contributed by atoms with E-state index in [1.165, 1.54) is 35.1 Å². The molecule has 13 heteroatoms. The van der Waals surface area contributed by atoms with E-state index in [4.69, 9.17) is 30.5 Å². The molecule has 0 radical (unpaired) electrons. The molecule has 0 aliphatic carbocycles. The number of rotatable bonds is 11. The van der Waals surface area contributed by atoms with Crippen LogP contribution >= 0.6 is 34.7 Å². The maximum Gasteiger partial charge on any atom is 0.301 e. The smallest absolute Gasteiger partial charge is 0.301 e. The van der Waals surface area contributed by atoms with Gasteiger partial charge < -0.3 is 24.1 Å². The minimum absolute atomic E-state index is 0.104. The predicted octanol–water partition coefficient (Wildman–Crippen LogP) is 7.31. The molecule has 0 spiro atoms. The van der Waals surface area contributed by atoms with E-state index in [1.807, 2.05) is 24.3 Å². The van der Waals surface area contributed by atoms with Crippen LogP contribution in [-0.2, 0) is 15.3 Å². The Hall–Kier alpha value is -4.26. The molecule has 244 valence electrons. The molecule has 1 unspecified atom stereocenters. The van der Waals surface area contributed by atoms with E-state index in [1.54, 1.807) is 36.4 Å². The van der Waals surface area contributed by atoms with Gasteiger partial charge in [-0.2, -0.15) is 0 Å². The number of ketones is 1. The molecule has 1 atom stereocenters. The fourth-order valence-corrected chi connectivity index (χ4v) is 7.10. The van der Waals surface area contributed by atoms with Crippen LogP contribution in [0.15, 0.2) is 70.6 Å². The number of nitrogens with zero attached hydrogens (tertiary/aromatic N) is 3. The number of aliphatic hydroxyl groups excluding tert-OH is 1. The molecule has 10 nitrogen and oxygen atoms in total.